The average Bonchev–Trinajstić information content (AvgIpc) is 2.90. The maximum absolute atomic E-state index is 13.1. The Morgan fingerprint density at radius 1 is 1.11 bits per heavy atom. The number of anilines is 1. The molecule has 0 bridgehead atoms. The van der Waals surface area contributed by atoms with Crippen molar-refractivity contribution in [1.29, 1.82) is 0 Å². The molecule has 0 atom stereocenters. The largest absolute Gasteiger partial charge is 0.336 e. The number of allylic oxidation sites excluding steroid dienone is 1. The number of carbonyl (C=O) groups excluding carboxylic acids is 1. The minimum absolute atomic E-state index is 0.0203. The highest BCUT2D eigenvalue weighted by Gasteiger charge is 2.23. The Morgan fingerprint density at radius 2 is 1.84 bits per heavy atom. The lowest BCUT2D eigenvalue weighted by molar-refractivity contribution is 0.0627. The quantitative estimate of drug-likeness (QED) is 0.445. The van der Waals surface area contributed by atoms with Crippen LogP contribution in [0.4, 0.5) is 15.8 Å². The van der Waals surface area contributed by atoms with Crippen molar-refractivity contribution < 1.29 is 17.6 Å². The van der Waals surface area contributed by atoms with Gasteiger partial charge >= 0.3 is 0 Å². The van der Waals surface area contributed by atoms with Gasteiger partial charge < -0.3 is 4.90 Å². The fraction of sp³-hybridized carbons (Fsp3) is 0.222. The molecule has 2 heterocycles. The fourth-order valence-electron chi connectivity index (χ4n) is 4.15. The molecule has 37 heavy (non-hydrogen) atoms. The molecule has 1 amide bonds. The number of aliphatic imine (C=N–C) groups is 1. The molecule has 8 nitrogen and oxygen atoms in total. The van der Waals surface area contributed by atoms with Crippen LogP contribution in [0.25, 0.3) is 6.08 Å². The zero-order valence-electron chi connectivity index (χ0n) is 20.5. The minimum Gasteiger partial charge on any atom is -0.336 e. The maximum atomic E-state index is 13.1. The number of piperazine rings is 1. The highest BCUT2D eigenvalue weighted by molar-refractivity contribution is 7.92. The van der Waals surface area contributed by atoms with Gasteiger partial charge in [0.25, 0.3) is 15.9 Å². The molecule has 0 unspecified atom stereocenters. The Kier molecular flexibility index (Phi) is 8.10. The molecule has 0 spiro atoms. The Labute approximate surface area is 216 Å². The Bertz CT molecular complexity index is 1400. The highest BCUT2D eigenvalue weighted by atomic mass is 32.2. The number of halogens is 1. The van der Waals surface area contributed by atoms with Crippen LogP contribution in [0.1, 0.15) is 28.5 Å². The summed E-state index contributed by atoms with van der Waals surface area (Å²) in [6, 6.07) is 14.3. The molecule has 1 aliphatic rings. The Hall–Kier alpha value is -3.89. The first kappa shape index (κ1) is 26.2. The average molecular weight is 522 g/mol. The van der Waals surface area contributed by atoms with E-state index < -0.39 is 10.0 Å². The molecule has 10 heteroatoms. The number of para-hydroxylation sites is 1. The number of aromatic nitrogens is 1. The smallest absolute Gasteiger partial charge is 0.264 e. The van der Waals surface area contributed by atoms with Crippen LogP contribution >= 0.6 is 0 Å². The SMILES string of the molecule is C=Nc1c(/C=C\C)cccc1S(=O)(=O)Nc1ccc(C(=O)N2CCN(Cc3ccc(F)cn3)CC2)cc1. The van der Waals surface area contributed by atoms with Crippen molar-refractivity contribution in [2.45, 2.75) is 18.4 Å². The van der Waals surface area contributed by atoms with Gasteiger partial charge in [-0.1, -0.05) is 24.3 Å². The summed E-state index contributed by atoms with van der Waals surface area (Å²) < 4.78 is 41.7. The zero-order valence-corrected chi connectivity index (χ0v) is 21.3. The van der Waals surface area contributed by atoms with E-state index in [1.165, 1.54) is 18.3 Å². The summed E-state index contributed by atoms with van der Waals surface area (Å²) in [5.74, 6) is -0.485. The summed E-state index contributed by atoms with van der Waals surface area (Å²) in [7, 11) is -3.93. The lowest BCUT2D eigenvalue weighted by Gasteiger charge is -2.34. The second-order valence-electron chi connectivity index (χ2n) is 8.57. The van der Waals surface area contributed by atoms with Gasteiger partial charge in [0, 0.05) is 49.5 Å². The molecule has 1 fully saturated rings. The van der Waals surface area contributed by atoms with Crippen LogP contribution in [0.5, 0.6) is 0 Å². The van der Waals surface area contributed by atoms with E-state index in [4.69, 9.17) is 0 Å². The molecular formula is C27H28FN5O3S. The lowest BCUT2D eigenvalue weighted by Crippen LogP contribution is -2.48. The third-order valence-electron chi connectivity index (χ3n) is 6.04. The standard InChI is InChI=1S/C27H28FN5O3S/c1-3-5-20-6-4-7-25(26(20)29-2)37(35,36)31-23-11-8-21(9-12-23)27(34)33-16-14-32(15-17-33)19-24-13-10-22(28)18-30-24/h3-13,18,31H,2,14-17,19H2,1H3/b5-3-. The minimum atomic E-state index is -3.93. The molecule has 1 aliphatic heterocycles. The molecule has 1 saturated heterocycles. The van der Waals surface area contributed by atoms with E-state index in [0.29, 0.717) is 49.5 Å². The fourth-order valence-corrected chi connectivity index (χ4v) is 5.40. The molecule has 0 radical (unpaired) electrons. The third-order valence-corrected chi connectivity index (χ3v) is 7.45. The van der Waals surface area contributed by atoms with Crippen molar-refractivity contribution in [3.8, 4) is 0 Å². The molecule has 1 aromatic heterocycles. The van der Waals surface area contributed by atoms with Crippen molar-refractivity contribution in [2.24, 2.45) is 4.99 Å². The normalized spacial score (nSPS) is 14.6. The Balaban J connectivity index is 1.38. The number of amides is 1. The predicted octanol–water partition coefficient (Wildman–Crippen LogP) is 4.34. The van der Waals surface area contributed by atoms with Crippen molar-refractivity contribution in [3.05, 3.63) is 89.5 Å². The second kappa shape index (κ2) is 11.4. The highest BCUT2D eigenvalue weighted by Crippen LogP contribution is 2.30. The molecule has 0 saturated carbocycles. The van der Waals surface area contributed by atoms with Crippen LogP contribution in [0, 0.1) is 5.82 Å². The van der Waals surface area contributed by atoms with Gasteiger partial charge in [-0.25, -0.2) is 12.8 Å². The van der Waals surface area contributed by atoms with E-state index in [1.807, 2.05) is 6.92 Å². The van der Waals surface area contributed by atoms with Crippen molar-refractivity contribution >= 4 is 40.1 Å². The molecular weight excluding hydrogens is 493 g/mol. The van der Waals surface area contributed by atoms with Crippen LogP contribution < -0.4 is 4.72 Å². The van der Waals surface area contributed by atoms with Crippen molar-refractivity contribution in [2.75, 3.05) is 30.9 Å². The van der Waals surface area contributed by atoms with Crippen LogP contribution in [0.3, 0.4) is 0 Å². The molecule has 2 aromatic carbocycles. The third kappa shape index (κ3) is 6.28. The van der Waals surface area contributed by atoms with Gasteiger partial charge in [0.1, 0.15) is 10.7 Å². The molecule has 1 N–H and O–H groups in total. The number of benzene rings is 2. The van der Waals surface area contributed by atoms with Crippen LogP contribution in [-0.4, -0.2) is 62.0 Å². The monoisotopic (exact) mass is 521 g/mol. The van der Waals surface area contributed by atoms with E-state index in [9.17, 15) is 17.6 Å². The second-order valence-corrected chi connectivity index (χ2v) is 10.2. The number of rotatable bonds is 8. The molecule has 3 aromatic rings. The van der Waals surface area contributed by atoms with Crippen molar-refractivity contribution in [3.63, 3.8) is 0 Å². The van der Waals surface area contributed by atoms with E-state index in [0.717, 1.165) is 5.69 Å². The maximum Gasteiger partial charge on any atom is 0.264 e. The molecule has 192 valence electrons. The summed E-state index contributed by atoms with van der Waals surface area (Å²) >= 11 is 0. The number of carbonyl (C=O) groups is 1. The molecule has 4 rings (SSSR count). The first-order chi connectivity index (χ1) is 17.8. The number of nitrogens with one attached hydrogen (secondary N) is 1. The number of sulfonamides is 1. The first-order valence-corrected chi connectivity index (χ1v) is 13.3. The van der Waals surface area contributed by atoms with Gasteiger partial charge in [0.05, 0.1) is 17.6 Å². The van der Waals surface area contributed by atoms with Gasteiger partial charge in [-0.2, -0.15) is 0 Å². The van der Waals surface area contributed by atoms with E-state index in [2.05, 4.69) is 26.3 Å². The van der Waals surface area contributed by atoms with Gasteiger partial charge in [-0.15, -0.1) is 0 Å². The van der Waals surface area contributed by atoms with Crippen molar-refractivity contribution in [1.82, 2.24) is 14.8 Å². The van der Waals surface area contributed by atoms with Gasteiger partial charge in [-0.3, -0.25) is 24.4 Å². The van der Waals surface area contributed by atoms with Crippen LogP contribution in [-0.2, 0) is 16.6 Å². The summed E-state index contributed by atoms with van der Waals surface area (Å²) in [5.41, 5.74) is 2.51. The van der Waals surface area contributed by atoms with Gasteiger partial charge in [0.2, 0.25) is 0 Å². The summed E-state index contributed by atoms with van der Waals surface area (Å²) in [6.07, 6.45) is 4.77. The summed E-state index contributed by atoms with van der Waals surface area (Å²) in [4.78, 5) is 25.0. The van der Waals surface area contributed by atoms with E-state index >= 15 is 0 Å². The topological polar surface area (TPSA) is 95.0 Å². The number of hydrogen-bond donors (Lipinski definition) is 1. The number of pyridine rings is 1. The summed E-state index contributed by atoms with van der Waals surface area (Å²) in [5, 5.41) is 0. The first-order valence-electron chi connectivity index (χ1n) is 11.8. The van der Waals surface area contributed by atoms with Gasteiger partial charge in [0.15, 0.2) is 0 Å². The van der Waals surface area contributed by atoms with Gasteiger partial charge in [-0.05, 0) is 56.1 Å². The predicted molar refractivity (Wildman–Crippen MR) is 143 cm³/mol. The van der Waals surface area contributed by atoms with E-state index in [1.54, 1.807) is 59.5 Å². The zero-order chi connectivity index (χ0) is 26.4. The Morgan fingerprint density at radius 3 is 2.46 bits per heavy atom. The number of hydrogen-bond acceptors (Lipinski definition) is 6. The van der Waals surface area contributed by atoms with Crippen LogP contribution in [0.2, 0.25) is 0 Å². The number of nitrogens with zero attached hydrogens (tertiary/aromatic N) is 4. The molecule has 0 aliphatic carbocycles. The summed E-state index contributed by atoms with van der Waals surface area (Å²) in [6.45, 7) is 8.40. The van der Waals surface area contributed by atoms with E-state index in [-0.39, 0.29) is 22.3 Å². The van der Waals surface area contributed by atoms with Crippen LogP contribution in [0.15, 0.2) is 76.8 Å². The lowest BCUT2D eigenvalue weighted by atomic mass is 10.1.